The molecule has 0 amide bonds. The molecule has 0 nitrogen and oxygen atoms in total. The van der Waals surface area contributed by atoms with E-state index in [1.165, 1.54) is 0 Å². The minimum atomic E-state index is 0.407. The number of fused-ring (bicyclic) bond motifs is 1. The van der Waals surface area contributed by atoms with E-state index in [2.05, 4.69) is 12.1 Å². The van der Waals surface area contributed by atoms with Gasteiger partial charge in [0.1, 0.15) is 0 Å². The molecule has 0 aliphatic heterocycles. The zero-order valence-electron chi connectivity index (χ0n) is 6.37. The summed E-state index contributed by atoms with van der Waals surface area (Å²) in [6.45, 7) is 0. The molecule has 0 N–H and O–H groups in total. The third-order valence-electron chi connectivity index (χ3n) is 1.76. The number of benzene rings is 2. The average Bonchev–Trinajstić information content (AvgIpc) is 2.12. The lowest BCUT2D eigenvalue weighted by Gasteiger charge is -2.02. The van der Waals surface area contributed by atoms with Crippen molar-refractivity contribution < 1.29 is 0 Å². The summed E-state index contributed by atoms with van der Waals surface area (Å²) >= 11 is 17.7. The van der Waals surface area contributed by atoms with Crippen LogP contribution >= 0.6 is 34.8 Å². The Morgan fingerprint density at radius 3 is 2.46 bits per heavy atom. The van der Waals surface area contributed by atoms with E-state index >= 15 is 0 Å². The predicted octanol–water partition coefficient (Wildman–Crippen LogP) is 4.40. The summed E-state index contributed by atoms with van der Waals surface area (Å²) in [5.74, 6) is 0. The van der Waals surface area contributed by atoms with Gasteiger partial charge >= 0.3 is 0 Å². The highest BCUT2D eigenvalue weighted by molar-refractivity contribution is 6.46. The van der Waals surface area contributed by atoms with E-state index in [4.69, 9.17) is 34.8 Å². The molecule has 64 valence electrons. The number of hydrogen-bond donors (Lipinski definition) is 0. The van der Waals surface area contributed by atoms with Crippen LogP contribution in [0.5, 0.6) is 0 Å². The average molecular weight is 229 g/mol. The van der Waals surface area contributed by atoms with Crippen molar-refractivity contribution >= 4 is 45.6 Å². The van der Waals surface area contributed by atoms with Gasteiger partial charge in [-0.3, -0.25) is 0 Å². The summed E-state index contributed by atoms with van der Waals surface area (Å²) in [6, 6.07) is 10.9. The van der Waals surface area contributed by atoms with Crippen LogP contribution in [0.3, 0.4) is 0 Å². The van der Waals surface area contributed by atoms with Gasteiger partial charge in [-0.05, 0) is 24.3 Å². The fourth-order valence-electron chi connectivity index (χ4n) is 1.13. The summed E-state index contributed by atoms with van der Waals surface area (Å²) < 4.78 is 0. The van der Waals surface area contributed by atoms with Gasteiger partial charge in [0.15, 0.2) is 0 Å². The van der Waals surface area contributed by atoms with E-state index in [-0.39, 0.29) is 0 Å². The second-order valence-electron chi connectivity index (χ2n) is 2.55. The molecule has 0 unspecified atom stereocenters. The maximum absolute atomic E-state index is 5.96. The maximum Gasteiger partial charge on any atom is 0.0677 e. The number of hydrogen-bond acceptors (Lipinski definition) is 0. The monoisotopic (exact) mass is 228 g/mol. The highest BCUT2D eigenvalue weighted by Gasteiger charge is 2.05. The van der Waals surface area contributed by atoms with Crippen molar-refractivity contribution in [1.29, 1.82) is 0 Å². The van der Waals surface area contributed by atoms with Gasteiger partial charge in [0.25, 0.3) is 0 Å². The van der Waals surface area contributed by atoms with Crippen LogP contribution in [-0.4, -0.2) is 0 Å². The zero-order chi connectivity index (χ0) is 9.42. The first-order valence-electron chi connectivity index (χ1n) is 3.55. The van der Waals surface area contributed by atoms with Crippen molar-refractivity contribution in [3.05, 3.63) is 45.4 Å². The Morgan fingerprint density at radius 2 is 1.69 bits per heavy atom. The van der Waals surface area contributed by atoms with Crippen LogP contribution < -0.4 is 0 Å². The van der Waals surface area contributed by atoms with Crippen molar-refractivity contribution in [3.63, 3.8) is 0 Å². The maximum atomic E-state index is 5.96. The molecule has 0 spiro atoms. The first-order valence-corrected chi connectivity index (χ1v) is 4.68. The molecule has 0 bridgehead atoms. The Labute approximate surface area is 91.0 Å². The molecule has 0 heterocycles. The molecule has 13 heavy (non-hydrogen) atoms. The molecule has 0 fully saturated rings. The minimum Gasteiger partial charge on any atom is -0.0836 e. The Balaban J connectivity index is 2.94. The van der Waals surface area contributed by atoms with Crippen molar-refractivity contribution in [3.8, 4) is 0 Å². The van der Waals surface area contributed by atoms with E-state index in [9.17, 15) is 0 Å². The zero-order valence-corrected chi connectivity index (χ0v) is 8.63. The lowest BCUT2D eigenvalue weighted by atomic mass is 10.1. The Bertz CT molecular complexity index is 463. The van der Waals surface area contributed by atoms with Crippen LogP contribution in [0.2, 0.25) is 15.1 Å². The molecule has 3 heteroatoms. The van der Waals surface area contributed by atoms with E-state index in [0.717, 1.165) is 10.8 Å². The van der Waals surface area contributed by atoms with Gasteiger partial charge in [0, 0.05) is 21.9 Å². The van der Waals surface area contributed by atoms with E-state index in [0.29, 0.717) is 15.1 Å². The number of halogens is 3. The molecule has 2 rings (SSSR count). The standard InChI is InChI=1S/C10H3Cl3/c11-8-3-1-2-7-6(8)4-5-9(12)10(7)13/h2-4H. The van der Waals surface area contributed by atoms with Gasteiger partial charge in [0.05, 0.1) is 10.0 Å². The van der Waals surface area contributed by atoms with Crippen molar-refractivity contribution in [2.75, 3.05) is 0 Å². The SMILES string of the molecule is Clc1[c]cc2c(Cl)c[c]cc2c1Cl. The fraction of sp³-hybridized carbons (Fsp3) is 0. The van der Waals surface area contributed by atoms with E-state index in [1.54, 1.807) is 18.2 Å². The number of rotatable bonds is 0. The quantitative estimate of drug-likeness (QED) is 0.628. The topological polar surface area (TPSA) is 0 Å². The second-order valence-corrected chi connectivity index (χ2v) is 3.71. The Hall–Kier alpha value is -0.430. The highest BCUT2D eigenvalue weighted by atomic mass is 35.5. The van der Waals surface area contributed by atoms with Gasteiger partial charge in [-0.1, -0.05) is 34.8 Å². The molecule has 0 saturated carbocycles. The normalized spacial score (nSPS) is 10.7. The van der Waals surface area contributed by atoms with Crippen LogP contribution in [0.25, 0.3) is 10.8 Å². The van der Waals surface area contributed by atoms with Gasteiger partial charge < -0.3 is 0 Å². The summed E-state index contributed by atoms with van der Waals surface area (Å²) in [7, 11) is 0. The molecule has 2 radical (unpaired) electrons. The molecular formula is C10H3Cl3. The van der Waals surface area contributed by atoms with E-state index < -0.39 is 0 Å². The van der Waals surface area contributed by atoms with Gasteiger partial charge in [-0.15, -0.1) is 0 Å². The molecule has 0 aliphatic rings. The van der Waals surface area contributed by atoms with Crippen molar-refractivity contribution in [1.82, 2.24) is 0 Å². The highest BCUT2D eigenvalue weighted by Crippen LogP contribution is 2.33. The summed E-state index contributed by atoms with van der Waals surface area (Å²) in [5, 5.41) is 3.13. The van der Waals surface area contributed by atoms with Crippen LogP contribution in [-0.2, 0) is 0 Å². The molecule has 0 aromatic heterocycles. The van der Waals surface area contributed by atoms with E-state index in [1.807, 2.05) is 0 Å². The lowest BCUT2D eigenvalue weighted by Crippen LogP contribution is -1.77. The summed E-state index contributed by atoms with van der Waals surface area (Å²) in [6.07, 6.45) is 0. The third-order valence-corrected chi connectivity index (χ3v) is 2.86. The largest absolute Gasteiger partial charge is 0.0836 e. The second kappa shape index (κ2) is 3.38. The fourth-order valence-corrected chi connectivity index (χ4v) is 1.71. The first kappa shape index (κ1) is 9.14. The van der Waals surface area contributed by atoms with Gasteiger partial charge in [0.2, 0.25) is 0 Å². The van der Waals surface area contributed by atoms with Crippen LogP contribution in [0, 0.1) is 12.1 Å². The molecule has 2 aromatic rings. The summed E-state index contributed by atoms with van der Waals surface area (Å²) in [4.78, 5) is 0. The van der Waals surface area contributed by atoms with Crippen molar-refractivity contribution in [2.24, 2.45) is 0 Å². The Kier molecular flexibility index (Phi) is 2.37. The molecule has 0 saturated heterocycles. The van der Waals surface area contributed by atoms with Crippen LogP contribution in [0.1, 0.15) is 0 Å². The molecular weight excluding hydrogens is 226 g/mol. The minimum absolute atomic E-state index is 0.407. The van der Waals surface area contributed by atoms with Crippen LogP contribution in [0.4, 0.5) is 0 Å². The van der Waals surface area contributed by atoms with Gasteiger partial charge in [-0.2, -0.15) is 0 Å². The first-order chi connectivity index (χ1) is 6.20. The third kappa shape index (κ3) is 1.50. The predicted molar refractivity (Wildman–Crippen MR) is 56.7 cm³/mol. The lowest BCUT2D eigenvalue weighted by molar-refractivity contribution is 1.72. The Morgan fingerprint density at radius 1 is 0.923 bits per heavy atom. The molecule has 2 aromatic carbocycles. The summed E-state index contributed by atoms with van der Waals surface area (Å²) in [5.41, 5.74) is 0. The van der Waals surface area contributed by atoms with Crippen LogP contribution in [0.15, 0.2) is 18.2 Å². The van der Waals surface area contributed by atoms with Gasteiger partial charge in [-0.25, -0.2) is 0 Å². The molecule has 0 aliphatic carbocycles. The van der Waals surface area contributed by atoms with Crippen molar-refractivity contribution in [2.45, 2.75) is 0 Å². The molecule has 0 atom stereocenters. The smallest absolute Gasteiger partial charge is 0.0677 e.